The molecule has 0 unspecified atom stereocenters. The predicted molar refractivity (Wildman–Crippen MR) is 146 cm³/mol. The zero-order valence-electron chi connectivity index (χ0n) is 20.8. The van der Waals surface area contributed by atoms with Gasteiger partial charge in [-0.3, -0.25) is 4.90 Å². The lowest BCUT2D eigenvalue weighted by Gasteiger charge is -2.36. The van der Waals surface area contributed by atoms with Crippen molar-refractivity contribution in [3.63, 3.8) is 0 Å². The van der Waals surface area contributed by atoms with E-state index in [1.807, 2.05) is 36.4 Å². The number of hydrogen-bond donors (Lipinski definition) is 1. The smallest absolute Gasteiger partial charge is 0.344 e. The van der Waals surface area contributed by atoms with E-state index in [9.17, 15) is 14.7 Å². The van der Waals surface area contributed by atoms with Gasteiger partial charge in [-0.1, -0.05) is 18.2 Å². The number of benzene rings is 3. The molecule has 8 nitrogen and oxygen atoms in total. The maximum absolute atomic E-state index is 12.9. The Labute approximate surface area is 217 Å². The largest absolute Gasteiger partial charge is 0.507 e. The Kier molecular flexibility index (Phi) is 6.09. The Morgan fingerprint density at radius 2 is 1.63 bits per heavy atom. The summed E-state index contributed by atoms with van der Waals surface area (Å²) in [6.45, 7) is 3.55. The van der Waals surface area contributed by atoms with Crippen LogP contribution in [0.4, 0.5) is 5.69 Å². The third-order valence-corrected chi connectivity index (χ3v) is 7.11. The summed E-state index contributed by atoms with van der Waals surface area (Å²) in [5.74, 6) is 0.863. The molecule has 1 N–H and O–H groups in total. The minimum atomic E-state index is -0.601. The van der Waals surface area contributed by atoms with E-state index in [0.717, 1.165) is 43.0 Å². The van der Waals surface area contributed by atoms with Crippen LogP contribution in [0, 0.1) is 0 Å². The van der Waals surface area contributed by atoms with E-state index in [0.29, 0.717) is 28.6 Å². The van der Waals surface area contributed by atoms with Crippen LogP contribution < -0.4 is 20.9 Å². The molecule has 6 rings (SSSR count). The Hall–Kier alpha value is -4.56. The second-order valence-corrected chi connectivity index (χ2v) is 9.37. The highest BCUT2D eigenvalue weighted by Crippen LogP contribution is 2.34. The van der Waals surface area contributed by atoms with Gasteiger partial charge in [-0.05, 0) is 48.5 Å². The highest BCUT2D eigenvalue weighted by atomic mass is 16.5. The summed E-state index contributed by atoms with van der Waals surface area (Å²) in [6.07, 6.45) is 0. The van der Waals surface area contributed by atoms with Gasteiger partial charge in [0.1, 0.15) is 22.7 Å². The average molecular weight is 511 g/mol. The van der Waals surface area contributed by atoms with Gasteiger partial charge >= 0.3 is 11.3 Å². The number of methoxy groups -OCH3 is 1. The molecule has 2 aromatic heterocycles. The van der Waals surface area contributed by atoms with Gasteiger partial charge in [0.05, 0.1) is 18.2 Å². The summed E-state index contributed by atoms with van der Waals surface area (Å²) in [6, 6.07) is 21.5. The molecule has 1 aliphatic heterocycles. The minimum Gasteiger partial charge on any atom is -0.507 e. The number of aromatic hydroxyl groups is 1. The zero-order chi connectivity index (χ0) is 26.2. The van der Waals surface area contributed by atoms with E-state index in [4.69, 9.17) is 13.6 Å². The maximum atomic E-state index is 12.9. The molecule has 0 bridgehead atoms. The first kappa shape index (κ1) is 23.8. The minimum absolute atomic E-state index is 0.0425. The fourth-order valence-electron chi connectivity index (χ4n) is 5.08. The average Bonchev–Trinajstić information content (AvgIpc) is 2.94. The highest BCUT2D eigenvalue weighted by molar-refractivity contribution is 5.97. The molecule has 0 spiro atoms. The van der Waals surface area contributed by atoms with Crippen molar-refractivity contribution in [2.24, 2.45) is 0 Å². The van der Waals surface area contributed by atoms with Gasteiger partial charge in [-0.15, -0.1) is 0 Å². The maximum Gasteiger partial charge on any atom is 0.344 e. The van der Waals surface area contributed by atoms with Crippen LogP contribution in [0.2, 0.25) is 0 Å². The van der Waals surface area contributed by atoms with Crippen LogP contribution in [-0.4, -0.2) is 43.3 Å². The van der Waals surface area contributed by atoms with Crippen molar-refractivity contribution in [3.05, 3.63) is 99.2 Å². The van der Waals surface area contributed by atoms with E-state index >= 15 is 0 Å². The quantitative estimate of drug-likeness (QED) is 0.343. The summed E-state index contributed by atoms with van der Waals surface area (Å²) in [5, 5.41) is 12.1. The van der Waals surface area contributed by atoms with Crippen molar-refractivity contribution >= 4 is 27.6 Å². The van der Waals surface area contributed by atoms with Crippen LogP contribution in [0.25, 0.3) is 33.1 Å². The molecule has 1 aliphatic rings. The normalized spacial score (nSPS) is 14.3. The summed E-state index contributed by atoms with van der Waals surface area (Å²) in [7, 11) is 1.65. The molecule has 1 saturated heterocycles. The first-order valence-electron chi connectivity index (χ1n) is 12.4. The van der Waals surface area contributed by atoms with Crippen molar-refractivity contribution in [1.29, 1.82) is 0 Å². The van der Waals surface area contributed by atoms with Crippen molar-refractivity contribution in [1.82, 2.24) is 4.90 Å². The number of hydrogen-bond acceptors (Lipinski definition) is 8. The molecule has 0 amide bonds. The van der Waals surface area contributed by atoms with E-state index < -0.39 is 11.3 Å². The third-order valence-electron chi connectivity index (χ3n) is 7.11. The monoisotopic (exact) mass is 510 g/mol. The lowest BCUT2D eigenvalue weighted by atomic mass is 9.99. The fourth-order valence-corrected chi connectivity index (χ4v) is 5.08. The molecule has 5 aromatic rings. The highest BCUT2D eigenvalue weighted by Gasteiger charge is 2.22. The van der Waals surface area contributed by atoms with E-state index in [1.165, 1.54) is 6.07 Å². The lowest BCUT2D eigenvalue weighted by Crippen LogP contribution is -2.46. The molecule has 3 heterocycles. The molecule has 3 aromatic carbocycles. The van der Waals surface area contributed by atoms with Gasteiger partial charge in [-0.2, -0.15) is 0 Å². The van der Waals surface area contributed by atoms with Gasteiger partial charge in [0.15, 0.2) is 0 Å². The predicted octanol–water partition coefficient (Wildman–Crippen LogP) is 4.60. The number of fused-ring (bicyclic) bond motifs is 2. The van der Waals surface area contributed by atoms with Gasteiger partial charge < -0.3 is 23.6 Å². The number of anilines is 1. The van der Waals surface area contributed by atoms with Gasteiger partial charge in [0, 0.05) is 60.8 Å². The van der Waals surface area contributed by atoms with Crippen LogP contribution in [0.1, 0.15) is 5.56 Å². The van der Waals surface area contributed by atoms with E-state index in [1.54, 1.807) is 37.4 Å². The number of nitrogens with zero attached hydrogens (tertiary/aromatic N) is 2. The second-order valence-electron chi connectivity index (χ2n) is 9.37. The molecule has 8 heteroatoms. The molecular formula is C30H26N2O6. The van der Waals surface area contributed by atoms with Crippen molar-refractivity contribution in [2.45, 2.75) is 6.54 Å². The number of ether oxygens (including phenoxy) is 1. The van der Waals surface area contributed by atoms with Gasteiger partial charge in [0.25, 0.3) is 0 Å². The number of phenols is 1. The molecule has 0 saturated carbocycles. The summed E-state index contributed by atoms with van der Waals surface area (Å²) < 4.78 is 16.4. The molecule has 38 heavy (non-hydrogen) atoms. The second kappa shape index (κ2) is 9.72. The fraction of sp³-hybridized carbons (Fsp3) is 0.200. The summed E-state index contributed by atoms with van der Waals surface area (Å²) >= 11 is 0. The Balaban J connectivity index is 1.32. The number of piperazine rings is 1. The molecule has 192 valence electrons. The molecule has 1 fully saturated rings. The van der Waals surface area contributed by atoms with E-state index in [-0.39, 0.29) is 16.9 Å². The SMILES string of the molecule is COc1ccc(N2CCN(Cc3c(O)ccc4c(-c5cc6ccccc6oc5=O)cc(=O)oc34)CC2)cc1. The van der Waals surface area contributed by atoms with Gasteiger partial charge in [-0.25, -0.2) is 9.59 Å². The van der Waals surface area contributed by atoms with Crippen LogP contribution >= 0.6 is 0 Å². The summed E-state index contributed by atoms with van der Waals surface area (Å²) in [5.41, 5.74) is 1.94. The van der Waals surface area contributed by atoms with Crippen LogP contribution in [0.3, 0.4) is 0 Å². The standard InChI is InChI=1S/C30H26N2O6/c1-36-21-8-6-20(7-9-21)32-14-12-31(13-15-32)18-25-26(33)11-10-22-23(17-28(34)38-29(22)25)24-16-19-4-2-3-5-27(19)37-30(24)35/h2-11,16-17,33H,12-15,18H2,1H3. The summed E-state index contributed by atoms with van der Waals surface area (Å²) in [4.78, 5) is 30.0. The van der Waals surface area contributed by atoms with Gasteiger partial charge in [0.2, 0.25) is 0 Å². The number of phenolic OH excluding ortho intramolecular Hbond substituents is 1. The van der Waals surface area contributed by atoms with E-state index in [2.05, 4.69) is 9.80 Å². The first-order chi connectivity index (χ1) is 18.5. The van der Waals surface area contributed by atoms with Crippen molar-refractivity contribution < 1.29 is 18.7 Å². The Bertz CT molecular complexity index is 1750. The Morgan fingerprint density at radius 3 is 2.39 bits per heavy atom. The molecule has 0 atom stereocenters. The van der Waals surface area contributed by atoms with Crippen LogP contribution in [0.5, 0.6) is 11.5 Å². The van der Waals surface area contributed by atoms with Crippen molar-refractivity contribution in [2.75, 3.05) is 38.2 Å². The molecular weight excluding hydrogens is 484 g/mol. The zero-order valence-corrected chi connectivity index (χ0v) is 20.8. The number of para-hydroxylation sites is 1. The third kappa shape index (κ3) is 4.39. The lowest BCUT2D eigenvalue weighted by molar-refractivity contribution is 0.246. The Morgan fingerprint density at radius 1 is 0.868 bits per heavy atom. The van der Waals surface area contributed by atoms with Crippen molar-refractivity contribution in [3.8, 4) is 22.6 Å². The topological polar surface area (TPSA) is 96.4 Å². The first-order valence-corrected chi connectivity index (χ1v) is 12.4. The van der Waals surface area contributed by atoms with Crippen LogP contribution in [0.15, 0.2) is 91.2 Å². The number of rotatable bonds is 5. The molecule has 0 radical (unpaired) electrons. The molecule has 0 aliphatic carbocycles. The van der Waals surface area contributed by atoms with Crippen LogP contribution in [-0.2, 0) is 6.54 Å².